The molecule has 2 aromatic heterocycles. The second-order valence-electron chi connectivity index (χ2n) is 8.02. The molecule has 2 atom stereocenters. The lowest BCUT2D eigenvalue weighted by Crippen LogP contribution is -2.29. The molecule has 0 unspecified atom stereocenters. The highest BCUT2D eigenvalue weighted by molar-refractivity contribution is 7.80. The molecule has 1 fully saturated rings. The summed E-state index contributed by atoms with van der Waals surface area (Å²) >= 11 is 5.69. The minimum Gasteiger partial charge on any atom is -0.478 e. The zero-order valence-corrected chi connectivity index (χ0v) is 18.9. The van der Waals surface area contributed by atoms with Gasteiger partial charge in [0, 0.05) is 17.4 Å². The number of aromatic nitrogens is 1. The van der Waals surface area contributed by atoms with Gasteiger partial charge in [-0.3, -0.25) is 4.98 Å². The molecule has 0 spiro atoms. The lowest BCUT2D eigenvalue weighted by atomic mass is 10.0. The molecule has 1 aliphatic rings. The monoisotopic (exact) mass is 473 g/mol. The minimum absolute atomic E-state index is 0.175. The van der Waals surface area contributed by atoms with E-state index in [4.69, 9.17) is 16.6 Å². The number of aromatic carboxylic acids is 1. The maximum absolute atomic E-state index is 14.0. The first-order valence-corrected chi connectivity index (χ1v) is 11.0. The summed E-state index contributed by atoms with van der Waals surface area (Å²) < 4.78 is 20.2. The Morgan fingerprint density at radius 3 is 2.71 bits per heavy atom. The van der Waals surface area contributed by atoms with Gasteiger partial charge in [-0.25, -0.2) is 9.18 Å². The normalized spacial score (nSPS) is 17.6. The molecule has 1 aliphatic heterocycles. The molecule has 6 nitrogen and oxygen atoms in total. The average Bonchev–Trinajstić information content (AvgIpc) is 3.46. The topological polar surface area (TPSA) is 78.6 Å². The third-order valence-corrected chi connectivity index (χ3v) is 6.14. The van der Waals surface area contributed by atoms with E-state index in [0.717, 1.165) is 11.4 Å². The van der Waals surface area contributed by atoms with Crippen molar-refractivity contribution < 1.29 is 18.7 Å². The van der Waals surface area contributed by atoms with Gasteiger partial charge in [0.05, 0.1) is 17.3 Å². The molecule has 0 radical (unpaired) electrons. The quantitative estimate of drug-likeness (QED) is 0.362. The number of carbonyl (C=O) groups is 1. The minimum atomic E-state index is -1.01. The summed E-state index contributed by atoms with van der Waals surface area (Å²) in [5.74, 6) is -0.156. The third kappa shape index (κ3) is 3.92. The summed E-state index contributed by atoms with van der Waals surface area (Å²) in [6.45, 7) is 1.71. The first-order valence-electron chi connectivity index (χ1n) is 10.6. The molecular formula is C26H20FN3O3S. The number of benzene rings is 2. The zero-order chi connectivity index (χ0) is 23.8. The van der Waals surface area contributed by atoms with Crippen LogP contribution in [0.25, 0.3) is 11.3 Å². The Morgan fingerprint density at radius 2 is 1.97 bits per heavy atom. The van der Waals surface area contributed by atoms with Crippen molar-refractivity contribution in [2.24, 2.45) is 0 Å². The SMILES string of the molecule is Cc1cc(N2C(=S)N[C@H](c3ccccn3)[C@@H]2c2ccc(-c3cccc(C(=O)O)c3)o2)ccc1F. The van der Waals surface area contributed by atoms with Gasteiger partial charge < -0.3 is 19.7 Å². The maximum atomic E-state index is 14.0. The van der Waals surface area contributed by atoms with Crippen LogP contribution < -0.4 is 10.2 Å². The van der Waals surface area contributed by atoms with E-state index in [0.29, 0.717) is 27.8 Å². The number of pyridine rings is 1. The molecule has 5 rings (SSSR count). The van der Waals surface area contributed by atoms with Crippen LogP contribution in [0.15, 0.2) is 83.4 Å². The van der Waals surface area contributed by atoms with Crippen LogP contribution in [-0.2, 0) is 0 Å². The molecule has 0 amide bonds. The molecule has 0 bridgehead atoms. The summed E-state index contributed by atoms with van der Waals surface area (Å²) in [6.07, 6.45) is 1.72. The van der Waals surface area contributed by atoms with Crippen LogP contribution in [0.3, 0.4) is 0 Å². The van der Waals surface area contributed by atoms with Gasteiger partial charge >= 0.3 is 5.97 Å². The molecule has 3 heterocycles. The second kappa shape index (κ2) is 8.72. The van der Waals surface area contributed by atoms with E-state index in [9.17, 15) is 14.3 Å². The molecule has 8 heteroatoms. The maximum Gasteiger partial charge on any atom is 0.335 e. The number of carboxylic acid groups (broad SMARTS) is 1. The van der Waals surface area contributed by atoms with Crippen LogP contribution in [0, 0.1) is 12.7 Å². The fourth-order valence-electron chi connectivity index (χ4n) is 4.17. The number of aryl methyl sites for hydroxylation is 1. The number of rotatable bonds is 5. The Bertz CT molecular complexity index is 1390. The predicted molar refractivity (Wildman–Crippen MR) is 130 cm³/mol. The van der Waals surface area contributed by atoms with E-state index in [-0.39, 0.29) is 17.4 Å². The van der Waals surface area contributed by atoms with Crippen molar-refractivity contribution in [1.82, 2.24) is 10.3 Å². The van der Waals surface area contributed by atoms with Crippen molar-refractivity contribution >= 4 is 29.0 Å². The van der Waals surface area contributed by atoms with Crippen molar-refractivity contribution in [3.05, 3.63) is 107 Å². The van der Waals surface area contributed by atoms with E-state index >= 15 is 0 Å². The molecule has 34 heavy (non-hydrogen) atoms. The summed E-state index contributed by atoms with van der Waals surface area (Å²) in [4.78, 5) is 17.8. The molecule has 4 aromatic rings. The molecule has 0 saturated carbocycles. The number of nitrogens with zero attached hydrogens (tertiary/aromatic N) is 2. The number of thiocarbonyl (C=S) groups is 1. The molecule has 2 aromatic carbocycles. The van der Waals surface area contributed by atoms with Gasteiger partial charge in [-0.2, -0.15) is 0 Å². The number of hydrogen-bond donors (Lipinski definition) is 2. The van der Waals surface area contributed by atoms with Crippen LogP contribution in [0.5, 0.6) is 0 Å². The standard InChI is InChI=1S/C26H20FN3O3S/c1-15-13-18(8-9-19(15)27)30-24(23(29-26(30)34)20-7-2-3-12-28-20)22-11-10-21(33-22)16-5-4-6-17(14-16)25(31)32/h2-14,23-24H,1H3,(H,29,34)(H,31,32)/t23-,24+/m1/s1. The first-order chi connectivity index (χ1) is 16.4. The van der Waals surface area contributed by atoms with E-state index in [1.165, 1.54) is 12.1 Å². The van der Waals surface area contributed by atoms with Crippen LogP contribution >= 0.6 is 12.2 Å². The van der Waals surface area contributed by atoms with Gasteiger partial charge in [0.25, 0.3) is 0 Å². The lowest BCUT2D eigenvalue weighted by molar-refractivity contribution is 0.0697. The number of carboxylic acids is 1. The Labute approximate surface area is 200 Å². The smallest absolute Gasteiger partial charge is 0.335 e. The highest BCUT2D eigenvalue weighted by Crippen LogP contribution is 2.43. The largest absolute Gasteiger partial charge is 0.478 e. The van der Waals surface area contributed by atoms with Gasteiger partial charge in [0.1, 0.15) is 23.4 Å². The number of halogens is 1. The van der Waals surface area contributed by atoms with Crippen molar-refractivity contribution in [1.29, 1.82) is 0 Å². The summed E-state index contributed by atoms with van der Waals surface area (Å²) in [6, 6.07) is 20.0. The van der Waals surface area contributed by atoms with E-state index in [2.05, 4.69) is 10.3 Å². The van der Waals surface area contributed by atoms with Crippen LogP contribution in [0.2, 0.25) is 0 Å². The van der Waals surface area contributed by atoms with Crippen molar-refractivity contribution in [3.63, 3.8) is 0 Å². The highest BCUT2D eigenvalue weighted by Gasteiger charge is 2.42. The molecule has 170 valence electrons. The third-order valence-electron chi connectivity index (χ3n) is 5.83. The molecule has 2 N–H and O–H groups in total. The van der Waals surface area contributed by atoms with Crippen LogP contribution in [-0.4, -0.2) is 21.2 Å². The Balaban J connectivity index is 1.60. The zero-order valence-electron chi connectivity index (χ0n) is 18.1. The van der Waals surface area contributed by atoms with Gasteiger partial charge in [0.2, 0.25) is 0 Å². The number of furan rings is 1. The van der Waals surface area contributed by atoms with E-state index < -0.39 is 12.0 Å². The van der Waals surface area contributed by atoms with Crippen molar-refractivity contribution in [2.75, 3.05) is 4.90 Å². The number of nitrogens with one attached hydrogen (secondary N) is 1. The average molecular weight is 474 g/mol. The fraction of sp³-hybridized carbons (Fsp3) is 0.115. The predicted octanol–water partition coefficient (Wildman–Crippen LogP) is 5.66. The van der Waals surface area contributed by atoms with Crippen LogP contribution in [0.4, 0.5) is 10.1 Å². The van der Waals surface area contributed by atoms with Crippen molar-refractivity contribution in [2.45, 2.75) is 19.0 Å². The van der Waals surface area contributed by atoms with Gasteiger partial charge in [-0.15, -0.1) is 0 Å². The lowest BCUT2D eigenvalue weighted by Gasteiger charge is -2.26. The Kier molecular flexibility index (Phi) is 5.59. The van der Waals surface area contributed by atoms with Gasteiger partial charge in [-0.05, 0) is 79.3 Å². The van der Waals surface area contributed by atoms with E-state index in [1.807, 2.05) is 29.2 Å². The van der Waals surface area contributed by atoms with Gasteiger partial charge in [0.15, 0.2) is 5.11 Å². The summed E-state index contributed by atoms with van der Waals surface area (Å²) in [7, 11) is 0. The van der Waals surface area contributed by atoms with Crippen molar-refractivity contribution in [3.8, 4) is 11.3 Å². The first kappa shape index (κ1) is 21.8. The number of anilines is 1. The second-order valence-corrected chi connectivity index (χ2v) is 8.40. The molecule has 1 saturated heterocycles. The summed E-state index contributed by atoms with van der Waals surface area (Å²) in [5, 5.41) is 13.1. The molecular weight excluding hydrogens is 453 g/mol. The Hall–Kier alpha value is -4.04. The Morgan fingerprint density at radius 1 is 1.12 bits per heavy atom. The van der Waals surface area contributed by atoms with E-state index in [1.54, 1.807) is 49.5 Å². The fourth-order valence-corrected chi connectivity index (χ4v) is 4.52. The highest BCUT2D eigenvalue weighted by atomic mass is 32.1. The number of hydrogen-bond acceptors (Lipinski definition) is 4. The summed E-state index contributed by atoms with van der Waals surface area (Å²) in [5.41, 5.74) is 2.84. The molecule has 0 aliphatic carbocycles. The van der Waals surface area contributed by atoms with Gasteiger partial charge in [-0.1, -0.05) is 18.2 Å². The van der Waals surface area contributed by atoms with Crippen LogP contribution in [0.1, 0.15) is 39.5 Å².